The summed E-state index contributed by atoms with van der Waals surface area (Å²) >= 11 is 1.57. The molecule has 20 heavy (non-hydrogen) atoms. The summed E-state index contributed by atoms with van der Waals surface area (Å²) in [4.78, 5) is 4.26. The first-order valence-corrected chi connectivity index (χ1v) is 7.22. The minimum atomic E-state index is -0.203. The zero-order valence-electron chi connectivity index (χ0n) is 10.8. The number of aromatic nitrogens is 1. The van der Waals surface area contributed by atoms with Gasteiger partial charge in [-0.2, -0.15) is 0 Å². The van der Waals surface area contributed by atoms with E-state index in [9.17, 15) is 4.39 Å². The lowest BCUT2D eigenvalue weighted by Crippen LogP contribution is -2.07. The van der Waals surface area contributed by atoms with Gasteiger partial charge in [-0.15, -0.1) is 11.3 Å². The number of hydrogen-bond acceptors (Lipinski definition) is 4. The van der Waals surface area contributed by atoms with Crippen molar-refractivity contribution >= 4 is 32.9 Å². The van der Waals surface area contributed by atoms with Gasteiger partial charge >= 0.3 is 0 Å². The van der Waals surface area contributed by atoms with Crippen molar-refractivity contribution in [1.82, 2.24) is 4.98 Å². The van der Waals surface area contributed by atoms with E-state index in [0.29, 0.717) is 12.2 Å². The Kier molecular flexibility index (Phi) is 3.52. The number of nitrogens with two attached hydrogens (primary N) is 1. The van der Waals surface area contributed by atoms with E-state index in [2.05, 4.69) is 10.3 Å². The van der Waals surface area contributed by atoms with Crippen molar-refractivity contribution in [2.75, 3.05) is 17.6 Å². The van der Waals surface area contributed by atoms with Crippen molar-refractivity contribution < 1.29 is 4.39 Å². The van der Waals surface area contributed by atoms with E-state index in [-0.39, 0.29) is 5.82 Å². The fraction of sp³-hybridized carbons (Fsp3) is 0.133. The number of anilines is 2. The lowest BCUT2D eigenvalue weighted by atomic mass is 10.1. The van der Waals surface area contributed by atoms with Gasteiger partial charge in [0.2, 0.25) is 0 Å². The van der Waals surface area contributed by atoms with Gasteiger partial charge in [0, 0.05) is 6.54 Å². The van der Waals surface area contributed by atoms with E-state index < -0.39 is 0 Å². The van der Waals surface area contributed by atoms with Crippen LogP contribution >= 0.6 is 11.3 Å². The monoisotopic (exact) mass is 287 g/mol. The minimum Gasteiger partial charge on any atom is -0.395 e. The Morgan fingerprint density at radius 3 is 3.00 bits per heavy atom. The van der Waals surface area contributed by atoms with Gasteiger partial charge in [0.15, 0.2) is 0 Å². The van der Waals surface area contributed by atoms with Crippen molar-refractivity contribution in [1.29, 1.82) is 0 Å². The van der Waals surface area contributed by atoms with Crippen molar-refractivity contribution in [2.24, 2.45) is 0 Å². The van der Waals surface area contributed by atoms with Crippen LogP contribution in [0.15, 0.2) is 41.9 Å². The van der Waals surface area contributed by atoms with Gasteiger partial charge in [0.1, 0.15) is 11.3 Å². The largest absolute Gasteiger partial charge is 0.395 e. The van der Waals surface area contributed by atoms with Crippen LogP contribution in [0.3, 0.4) is 0 Å². The number of nitrogens with one attached hydrogen (secondary N) is 1. The molecule has 0 atom stereocenters. The lowest BCUT2D eigenvalue weighted by Gasteiger charge is -2.09. The molecule has 102 valence electrons. The Bertz CT molecular complexity index is 739. The fourth-order valence-corrected chi connectivity index (χ4v) is 2.83. The van der Waals surface area contributed by atoms with Crippen LogP contribution in [-0.2, 0) is 6.42 Å². The average molecular weight is 287 g/mol. The van der Waals surface area contributed by atoms with Crippen LogP contribution in [-0.4, -0.2) is 11.5 Å². The maximum absolute atomic E-state index is 13.1. The van der Waals surface area contributed by atoms with Crippen LogP contribution in [0, 0.1) is 5.82 Å². The minimum absolute atomic E-state index is 0.203. The molecular formula is C15H14FN3S. The molecule has 0 unspecified atom stereocenters. The Labute approximate surface area is 120 Å². The standard InChI is InChI=1S/C15H14FN3S/c16-11-3-1-2-10(8-11)6-7-18-12-4-5-13-15(14(12)17)19-9-20-13/h1-5,8-9,18H,6-7,17H2. The Hall–Kier alpha value is -2.14. The number of nitrogens with zero attached hydrogens (tertiary/aromatic N) is 1. The molecule has 3 aromatic rings. The normalized spacial score (nSPS) is 10.8. The predicted octanol–water partition coefficient (Wildman–Crippen LogP) is 3.67. The van der Waals surface area contributed by atoms with Crippen LogP contribution in [0.25, 0.3) is 10.2 Å². The van der Waals surface area contributed by atoms with E-state index in [4.69, 9.17) is 5.73 Å². The topological polar surface area (TPSA) is 50.9 Å². The highest BCUT2D eigenvalue weighted by Gasteiger charge is 2.06. The molecule has 0 amide bonds. The molecule has 1 heterocycles. The van der Waals surface area contributed by atoms with Gasteiger partial charge in [-0.3, -0.25) is 0 Å². The Morgan fingerprint density at radius 1 is 1.25 bits per heavy atom. The third-order valence-corrected chi connectivity index (χ3v) is 3.95. The molecule has 3 rings (SSSR count). The summed E-state index contributed by atoms with van der Waals surface area (Å²) in [6.07, 6.45) is 0.742. The highest BCUT2D eigenvalue weighted by atomic mass is 32.1. The molecule has 0 aliphatic carbocycles. The Balaban J connectivity index is 1.69. The van der Waals surface area contributed by atoms with Crippen molar-refractivity contribution in [3.8, 4) is 0 Å². The SMILES string of the molecule is Nc1c(NCCc2cccc(F)c2)ccc2scnc12. The number of nitrogen functional groups attached to an aromatic ring is 1. The zero-order chi connectivity index (χ0) is 13.9. The number of thiazole rings is 1. The van der Waals surface area contributed by atoms with Crippen LogP contribution in [0.1, 0.15) is 5.56 Å². The maximum atomic E-state index is 13.1. The molecule has 0 saturated carbocycles. The summed E-state index contributed by atoms with van der Waals surface area (Å²) in [5.74, 6) is -0.203. The molecule has 0 aliphatic heterocycles. The second kappa shape index (κ2) is 5.46. The summed E-state index contributed by atoms with van der Waals surface area (Å²) in [5.41, 5.74) is 11.2. The first kappa shape index (κ1) is 12.9. The zero-order valence-corrected chi connectivity index (χ0v) is 11.6. The molecule has 1 aromatic heterocycles. The van der Waals surface area contributed by atoms with Crippen LogP contribution in [0.2, 0.25) is 0 Å². The third kappa shape index (κ3) is 2.58. The molecule has 0 aliphatic rings. The molecular weight excluding hydrogens is 273 g/mol. The van der Waals surface area contributed by atoms with E-state index in [1.165, 1.54) is 6.07 Å². The quantitative estimate of drug-likeness (QED) is 0.720. The first-order chi connectivity index (χ1) is 9.74. The second-order valence-corrected chi connectivity index (χ2v) is 5.42. The number of rotatable bonds is 4. The van der Waals surface area contributed by atoms with Crippen molar-refractivity contribution in [2.45, 2.75) is 6.42 Å². The smallest absolute Gasteiger partial charge is 0.123 e. The van der Waals surface area contributed by atoms with Crippen molar-refractivity contribution in [3.63, 3.8) is 0 Å². The number of halogens is 1. The Morgan fingerprint density at radius 2 is 2.15 bits per heavy atom. The number of benzene rings is 2. The second-order valence-electron chi connectivity index (χ2n) is 4.53. The summed E-state index contributed by atoms with van der Waals surface area (Å²) < 4.78 is 14.2. The van der Waals surface area contributed by atoms with Crippen molar-refractivity contribution in [3.05, 3.63) is 53.3 Å². The van der Waals surface area contributed by atoms with Crippen LogP contribution in [0.4, 0.5) is 15.8 Å². The third-order valence-electron chi connectivity index (χ3n) is 3.16. The van der Waals surface area contributed by atoms with E-state index >= 15 is 0 Å². The molecule has 3 N–H and O–H groups in total. The summed E-state index contributed by atoms with van der Waals surface area (Å²) in [5, 5.41) is 3.28. The van der Waals surface area contributed by atoms with E-state index in [1.54, 1.807) is 29.0 Å². The first-order valence-electron chi connectivity index (χ1n) is 6.34. The molecule has 3 nitrogen and oxygen atoms in total. The van der Waals surface area contributed by atoms with Gasteiger partial charge in [-0.25, -0.2) is 9.37 Å². The van der Waals surface area contributed by atoms with E-state index in [0.717, 1.165) is 27.9 Å². The maximum Gasteiger partial charge on any atom is 0.123 e. The van der Waals surface area contributed by atoms with Crippen LogP contribution in [0.5, 0.6) is 0 Å². The predicted molar refractivity (Wildman–Crippen MR) is 82.6 cm³/mol. The fourth-order valence-electron chi connectivity index (χ4n) is 2.14. The summed E-state index contributed by atoms with van der Waals surface area (Å²) in [6.45, 7) is 0.698. The molecule has 0 fully saturated rings. The average Bonchev–Trinajstić information content (AvgIpc) is 2.91. The molecule has 0 radical (unpaired) electrons. The van der Waals surface area contributed by atoms with Gasteiger partial charge in [-0.1, -0.05) is 12.1 Å². The summed E-state index contributed by atoms with van der Waals surface area (Å²) in [7, 11) is 0. The van der Waals surface area contributed by atoms with Gasteiger partial charge in [-0.05, 0) is 36.2 Å². The lowest BCUT2D eigenvalue weighted by molar-refractivity contribution is 0.625. The molecule has 0 spiro atoms. The number of fused-ring (bicyclic) bond motifs is 1. The van der Waals surface area contributed by atoms with Crippen LogP contribution < -0.4 is 11.1 Å². The summed E-state index contributed by atoms with van der Waals surface area (Å²) in [6, 6.07) is 10.6. The van der Waals surface area contributed by atoms with Gasteiger partial charge < -0.3 is 11.1 Å². The highest BCUT2D eigenvalue weighted by Crippen LogP contribution is 2.29. The molecule has 0 bridgehead atoms. The number of hydrogen-bond donors (Lipinski definition) is 2. The molecule has 5 heteroatoms. The van der Waals surface area contributed by atoms with Gasteiger partial charge in [0.25, 0.3) is 0 Å². The van der Waals surface area contributed by atoms with Gasteiger partial charge in [0.05, 0.1) is 21.6 Å². The van der Waals surface area contributed by atoms with E-state index in [1.807, 2.05) is 18.2 Å². The molecule has 2 aromatic carbocycles. The highest BCUT2D eigenvalue weighted by molar-refractivity contribution is 7.16. The molecule has 0 saturated heterocycles.